The molecule has 1 atom stereocenters. The van der Waals surface area contributed by atoms with Crippen molar-refractivity contribution in [2.24, 2.45) is 0 Å². The maximum atomic E-state index is 12.9. The molecule has 2 aliphatic rings. The van der Waals surface area contributed by atoms with Gasteiger partial charge in [0.15, 0.2) is 0 Å². The molecule has 2 heterocycles. The number of hydrogen-bond donors (Lipinski definition) is 2. The summed E-state index contributed by atoms with van der Waals surface area (Å²) in [6, 6.07) is 16.1. The van der Waals surface area contributed by atoms with Gasteiger partial charge in [-0.25, -0.2) is 0 Å². The number of benzene rings is 2. The Morgan fingerprint density at radius 1 is 1.15 bits per heavy atom. The van der Waals surface area contributed by atoms with Crippen LogP contribution in [-0.2, 0) is 17.6 Å². The quantitative estimate of drug-likeness (QED) is 0.404. The molecule has 1 aromatic heterocycles. The highest BCUT2D eigenvalue weighted by molar-refractivity contribution is 6.34. The Hall–Kier alpha value is -3.47. The SMILES string of the molecule is CCCC(Nc1ccccc1)c1c(C=C2C(=O)Nc3ccc(OC)cc32)oc2c1CCCC2. The predicted molar refractivity (Wildman–Crippen MR) is 133 cm³/mol. The summed E-state index contributed by atoms with van der Waals surface area (Å²) in [5.41, 5.74) is 5.88. The number of para-hydroxylation sites is 1. The molecule has 5 heteroatoms. The van der Waals surface area contributed by atoms with Gasteiger partial charge in [-0.3, -0.25) is 4.79 Å². The van der Waals surface area contributed by atoms with Crippen molar-refractivity contribution in [3.05, 3.63) is 76.7 Å². The maximum Gasteiger partial charge on any atom is 0.256 e. The number of carbonyl (C=O) groups excluding carboxylic acids is 1. The number of ether oxygens (including phenoxy) is 1. The number of rotatable bonds is 7. The highest BCUT2D eigenvalue weighted by atomic mass is 16.5. The Kier molecular flexibility index (Phi) is 5.95. The van der Waals surface area contributed by atoms with Gasteiger partial charge in [0.2, 0.25) is 0 Å². The number of carbonyl (C=O) groups is 1. The molecule has 0 fully saturated rings. The molecule has 0 spiro atoms. The van der Waals surface area contributed by atoms with E-state index in [1.165, 1.54) is 17.5 Å². The van der Waals surface area contributed by atoms with Gasteiger partial charge < -0.3 is 19.8 Å². The molecule has 0 bridgehead atoms. The van der Waals surface area contributed by atoms with Gasteiger partial charge >= 0.3 is 0 Å². The minimum Gasteiger partial charge on any atom is -0.497 e. The summed E-state index contributed by atoms with van der Waals surface area (Å²) in [6.07, 6.45) is 8.23. The van der Waals surface area contributed by atoms with Crippen molar-refractivity contribution in [2.75, 3.05) is 17.7 Å². The van der Waals surface area contributed by atoms with Crippen LogP contribution >= 0.6 is 0 Å². The van der Waals surface area contributed by atoms with Gasteiger partial charge in [-0.1, -0.05) is 31.5 Å². The summed E-state index contributed by atoms with van der Waals surface area (Å²) in [7, 11) is 1.64. The second kappa shape index (κ2) is 9.18. The summed E-state index contributed by atoms with van der Waals surface area (Å²) in [6.45, 7) is 2.21. The van der Waals surface area contributed by atoms with Crippen LogP contribution in [0.25, 0.3) is 11.6 Å². The zero-order valence-corrected chi connectivity index (χ0v) is 19.2. The molecule has 0 saturated heterocycles. The van der Waals surface area contributed by atoms with E-state index in [-0.39, 0.29) is 11.9 Å². The van der Waals surface area contributed by atoms with E-state index in [2.05, 4.69) is 29.7 Å². The summed E-state index contributed by atoms with van der Waals surface area (Å²) in [5, 5.41) is 6.71. The van der Waals surface area contributed by atoms with Gasteiger partial charge in [0, 0.05) is 28.9 Å². The molecule has 2 aromatic carbocycles. The summed E-state index contributed by atoms with van der Waals surface area (Å²) in [5.74, 6) is 2.49. The fourth-order valence-electron chi connectivity index (χ4n) is 4.98. The number of methoxy groups -OCH3 is 1. The fraction of sp³-hybridized carbons (Fsp3) is 0.321. The molecule has 0 saturated carbocycles. The molecule has 1 aliphatic heterocycles. The number of anilines is 2. The van der Waals surface area contributed by atoms with E-state index in [4.69, 9.17) is 9.15 Å². The minimum absolute atomic E-state index is 0.110. The third-order valence-corrected chi connectivity index (χ3v) is 6.57. The van der Waals surface area contributed by atoms with Crippen LogP contribution in [0.2, 0.25) is 0 Å². The van der Waals surface area contributed by atoms with E-state index in [0.717, 1.165) is 66.3 Å². The minimum atomic E-state index is -0.110. The van der Waals surface area contributed by atoms with Crippen molar-refractivity contribution in [2.45, 2.75) is 51.5 Å². The van der Waals surface area contributed by atoms with Crippen LogP contribution in [0.4, 0.5) is 11.4 Å². The zero-order chi connectivity index (χ0) is 22.8. The van der Waals surface area contributed by atoms with Crippen molar-refractivity contribution in [3.8, 4) is 5.75 Å². The van der Waals surface area contributed by atoms with Crippen LogP contribution in [0.15, 0.2) is 52.9 Å². The molecule has 2 N–H and O–H groups in total. The third-order valence-electron chi connectivity index (χ3n) is 6.57. The molecule has 0 radical (unpaired) electrons. The molecule has 170 valence electrons. The van der Waals surface area contributed by atoms with Crippen LogP contribution in [0.5, 0.6) is 5.75 Å². The normalized spacial score (nSPS) is 16.8. The molecule has 1 amide bonds. The molecular weight excluding hydrogens is 412 g/mol. The average Bonchev–Trinajstić information content (AvgIpc) is 3.36. The molecule has 1 unspecified atom stereocenters. The van der Waals surface area contributed by atoms with Gasteiger partial charge in [-0.05, 0) is 67.7 Å². The van der Waals surface area contributed by atoms with Crippen molar-refractivity contribution < 1.29 is 13.9 Å². The smallest absolute Gasteiger partial charge is 0.256 e. The Bertz CT molecular complexity index is 1190. The van der Waals surface area contributed by atoms with E-state index >= 15 is 0 Å². The van der Waals surface area contributed by atoms with Crippen molar-refractivity contribution in [1.29, 1.82) is 0 Å². The lowest BCUT2D eigenvalue weighted by atomic mass is 9.89. The fourth-order valence-corrected chi connectivity index (χ4v) is 4.98. The molecule has 5 rings (SSSR count). The number of aryl methyl sites for hydroxylation is 1. The first-order valence-corrected chi connectivity index (χ1v) is 11.9. The summed E-state index contributed by atoms with van der Waals surface area (Å²) in [4.78, 5) is 12.9. The standard InChI is InChI=1S/C28H30N2O3/c1-3-9-24(29-18-10-5-4-6-11-18)27-20-12-7-8-13-25(20)33-26(27)17-22-21-16-19(32-2)14-15-23(21)30-28(22)31/h4-6,10-11,14-17,24,29H,3,7-9,12-13H2,1-2H3,(H,30,31). The molecule has 5 nitrogen and oxygen atoms in total. The monoisotopic (exact) mass is 442 g/mol. The highest BCUT2D eigenvalue weighted by Gasteiger charge is 2.30. The predicted octanol–water partition coefficient (Wildman–Crippen LogP) is 6.61. The molecule has 1 aliphatic carbocycles. The molecule has 3 aromatic rings. The second-order valence-corrected chi connectivity index (χ2v) is 8.76. The largest absolute Gasteiger partial charge is 0.497 e. The topological polar surface area (TPSA) is 63.5 Å². The number of amides is 1. The van der Waals surface area contributed by atoms with Crippen LogP contribution in [0, 0.1) is 0 Å². The summed E-state index contributed by atoms with van der Waals surface area (Å²) >= 11 is 0. The van der Waals surface area contributed by atoms with Crippen LogP contribution in [0.3, 0.4) is 0 Å². The van der Waals surface area contributed by atoms with Crippen molar-refractivity contribution >= 4 is 28.9 Å². The number of furan rings is 1. The Labute approximate surface area is 194 Å². The van der Waals surface area contributed by atoms with Crippen LogP contribution in [-0.4, -0.2) is 13.0 Å². The van der Waals surface area contributed by atoms with Gasteiger partial charge in [0.1, 0.15) is 17.3 Å². The van der Waals surface area contributed by atoms with E-state index in [9.17, 15) is 4.79 Å². The number of hydrogen-bond acceptors (Lipinski definition) is 4. The average molecular weight is 443 g/mol. The Morgan fingerprint density at radius 2 is 1.97 bits per heavy atom. The van der Waals surface area contributed by atoms with Gasteiger partial charge in [0.05, 0.1) is 18.7 Å². The first-order valence-electron chi connectivity index (χ1n) is 11.9. The Morgan fingerprint density at radius 3 is 2.76 bits per heavy atom. The van der Waals surface area contributed by atoms with E-state index < -0.39 is 0 Å². The van der Waals surface area contributed by atoms with Crippen LogP contribution in [0.1, 0.15) is 66.9 Å². The third kappa shape index (κ3) is 4.15. The molecular formula is C28H30N2O3. The lowest BCUT2D eigenvalue weighted by Crippen LogP contribution is -2.14. The number of fused-ring (bicyclic) bond motifs is 2. The lowest BCUT2D eigenvalue weighted by molar-refractivity contribution is -0.110. The lowest BCUT2D eigenvalue weighted by Gasteiger charge is -2.22. The summed E-state index contributed by atoms with van der Waals surface area (Å²) < 4.78 is 11.9. The first-order chi connectivity index (χ1) is 16.2. The van der Waals surface area contributed by atoms with Crippen molar-refractivity contribution in [1.82, 2.24) is 0 Å². The zero-order valence-electron chi connectivity index (χ0n) is 19.2. The van der Waals surface area contributed by atoms with E-state index in [1.54, 1.807) is 7.11 Å². The van der Waals surface area contributed by atoms with E-state index in [0.29, 0.717) is 5.57 Å². The van der Waals surface area contributed by atoms with Gasteiger partial charge in [0.25, 0.3) is 5.91 Å². The highest BCUT2D eigenvalue weighted by Crippen LogP contribution is 2.41. The Balaban J connectivity index is 1.62. The van der Waals surface area contributed by atoms with Gasteiger partial charge in [-0.2, -0.15) is 0 Å². The second-order valence-electron chi connectivity index (χ2n) is 8.76. The van der Waals surface area contributed by atoms with Crippen molar-refractivity contribution in [3.63, 3.8) is 0 Å². The van der Waals surface area contributed by atoms with E-state index in [1.807, 2.05) is 42.5 Å². The van der Waals surface area contributed by atoms with Gasteiger partial charge in [-0.15, -0.1) is 0 Å². The first kappa shape index (κ1) is 21.4. The number of nitrogens with one attached hydrogen (secondary N) is 2. The van der Waals surface area contributed by atoms with Crippen LogP contribution < -0.4 is 15.4 Å². The maximum absolute atomic E-state index is 12.9. The molecule has 33 heavy (non-hydrogen) atoms.